The van der Waals surface area contributed by atoms with Crippen molar-refractivity contribution in [2.45, 2.75) is 90.2 Å². The molecule has 40 heavy (non-hydrogen) atoms. The fraction of sp³-hybridized carbons (Fsp3) is 0.700. The molecule has 0 heterocycles. The molecule has 4 aliphatic carbocycles. The normalized spacial score (nSPS) is 32.7. The molecule has 5 rings (SSSR count). The summed E-state index contributed by atoms with van der Waals surface area (Å²) in [5.41, 5.74) is 5.80. The number of carbonyl (C=O) groups excluding carboxylic acids is 2. The average Bonchev–Trinajstić information content (AvgIpc) is 3.54. The van der Waals surface area contributed by atoms with E-state index in [0.29, 0.717) is 32.2 Å². The highest BCUT2D eigenvalue weighted by molar-refractivity contribution is 5.98. The second-order valence-corrected chi connectivity index (χ2v) is 13.1. The van der Waals surface area contributed by atoms with Crippen LogP contribution in [0.4, 0.5) is 4.39 Å². The molecule has 0 unspecified atom stereocenters. The Hall–Kier alpha value is -3.04. The van der Waals surface area contributed by atoms with Crippen LogP contribution in [0.2, 0.25) is 0 Å². The van der Waals surface area contributed by atoms with Crippen LogP contribution in [0.1, 0.15) is 88.4 Å². The van der Waals surface area contributed by atoms with Crippen molar-refractivity contribution in [3.63, 3.8) is 0 Å². The highest BCUT2D eigenvalue weighted by Crippen LogP contribution is 2.49. The number of amidine groups is 1. The number of nitrogens with one attached hydrogen (secondary N) is 2. The first-order chi connectivity index (χ1) is 19.1. The van der Waals surface area contributed by atoms with Crippen LogP contribution in [-0.2, 0) is 4.79 Å². The van der Waals surface area contributed by atoms with Crippen molar-refractivity contribution in [2.24, 2.45) is 39.5 Å². The zero-order chi connectivity index (χ0) is 28.7. The number of hydrogen-bond donors (Lipinski definition) is 4. The minimum atomic E-state index is -0.611. The summed E-state index contributed by atoms with van der Waals surface area (Å²) in [6.45, 7) is 4.82. The molecule has 0 radical (unpaired) electrons. The van der Waals surface area contributed by atoms with Gasteiger partial charge in [0.15, 0.2) is 11.6 Å². The van der Waals surface area contributed by atoms with Crippen LogP contribution in [0.3, 0.4) is 0 Å². The number of benzene rings is 1. The lowest BCUT2D eigenvalue weighted by atomic mass is 9.70. The molecule has 5 N–H and O–H groups in total. The van der Waals surface area contributed by atoms with Gasteiger partial charge in [0.1, 0.15) is 11.6 Å². The predicted molar refractivity (Wildman–Crippen MR) is 148 cm³/mol. The molecule has 10 heteroatoms. The van der Waals surface area contributed by atoms with E-state index >= 15 is 4.39 Å². The van der Waals surface area contributed by atoms with Gasteiger partial charge in [-0.15, -0.1) is 0 Å². The van der Waals surface area contributed by atoms with E-state index < -0.39 is 17.1 Å². The molecule has 0 aliphatic heterocycles. The van der Waals surface area contributed by atoms with Crippen molar-refractivity contribution in [1.82, 2.24) is 10.6 Å². The van der Waals surface area contributed by atoms with Gasteiger partial charge in [0, 0.05) is 24.1 Å². The van der Waals surface area contributed by atoms with E-state index in [-0.39, 0.29) is 64.1 Å². The number of nitrogens with two attached hydrogens (primary N) is 1. The lowest BCUT2D eigenvalue weighted by Gasteiger charge is -2.39. The number of carbonyl (C=O) groups is 2. The van der Waals surface area contributed by atoms with E-state index in [0.717, 1.165) is 32.1 Å². The minimum Gasteiger partial charge on any atom is -0.496 e. The van der Waals surface area contributed by atoms with E-state index in [1.54, 1.807) is 0 Å². The second-order valence-electron chi connectivity index (χ2n) is 13.1. The molecule has 2 amide bonds. The van der Waals surface area contributed by atoms with E-state index in [1.165, 1.54) is 25.7 Å². The Morgan fingerprint density at radius 1 is 1.10 bits per heavy atom. The smallest absolute Gasteiger partial charge is 0.255 e. The molecular formula is C30H43FN4O5. The number of oxime groups is 1. The fourth-order valence-corrected chi connectivity index (χ4v) is 7.36. The third-order valence-corrected chi connectivity index (χ3v) is 10.3. The topological polar surface area (TPSA) is 135 Å². The van der Waals surface area contributed by atoms with Gasteiger partial charge in [0.05, 0.1) is 24.7 Å². The van der Waals surface area contributed by atoms with E-state index in [4.69, 9.17) is 20.4 Å². The van der Waals surface area contributed by atoms with Gasteiger partial charge in [-0.2, -0.15) is 0 Å². The molecule has 9 nitrogen and oxygen atoms in total. The van der Waals surface area contributed by atoms with Crippen LogP contribution in [0.5, 0.6) is 11.5 Å². The van der Waals surface area contributed by atoms with Gasteiger partial charge in [0.25, 0.3) is 5.91 Å². The third-order valence-electron chi connectivity index (χ3n) is 10.3. The van der Waals surface area contributed by atoms with E-state index in [2.05, 4.69) is 22.7 Å². The summed E-state index contributed by atoms with van der Waals surface area (Å²) in [7, 11) is 1.40. The number of hydrogen-bond acceptors (Lipinski definition) is 6. The Labute approximate surface area is 235 Å². The second kappa shape index (κ2) is 11.1. The van der Waals surface area contributed by atoms with Gasteiger partial charge < -0.3 is 31.0 Å². The standard InChI is InChI=1S/C30H43FN4O5/c1-29(9-4-10-29)16-33-27(37)24-17-5-6-18(13-17)25(24)34-26(36)20-14-23(21(31)15-22(20)39-3)40-19-7-11-30(2,12-8-19)28(32)35-38/h14-15,17-19,24-25,38H,4-13,16H2,1-3H3,(H2,32,35)(H,33,37)(H,34,36)/t17-,18+,19-,24+,25-,30+/m1/s1. The van der Waals surface area contributed by atoms with Gasteiger partial charge in [-0.05, 0) is 81.1 Å². The number of ether oxygens (including phenoxy) is 2. The lowest BCUT2D eigenvalue weighted by Crippen LogP contribution is -2.51. The van der Waals surface area contributed by atoms with Gasteiger partial charge in [-0.25, -0.2) is 4.39 Å². The molecule has 4 fully saturated rings. The van der Waals surface area contributed by atoms with Crippen LogP contribution in [0.25, 0.3) is 0 Å². The summed E-state index contributed by atoms with van der Waals surface area (Å²) in [5, 5.41) is 18.6. The SMILES string of the molecule is COc1cc(F)c(O[C@H]2CC[C@@](C)(C(N)=NO)CC2)cc1C(=O)N[C@@H]1[C@H]2CC[C@H](C2)[C@@H]1C(=O)NCC1(C)CCC1. The Morgan fingerprint density at radius 2 is 1.80 bits per heavy atom. The maximum atomic E-state index is 15.0. The Kier molecular flexibility index (Phi) is 7.90. The summed E-state index contributed by atoms with van der Waals surface area (Å²) >= 11 is 0. The summed E-state index contributed by atoms with van der Waals surface area (Å²) in [6.07, 6.45) is 8.57. The van der Waals surface area contributed by atoms with Crippen molar-refractivity contribution in [1.29, 1.82) is 0 Å². The number of rotatable bonds is 9. The molecule has 4 atom stereocenters. The van der Waals surface area contributed by atoms with Gasteiger partial charge in [-0.1, -0.05) is 25.4 Å². The molecule has 4 aliphatic rings. The molecule has 220 valence electrons. The van der Waals surface area contributed by atoms with E-state index in [9.17, 15) is 9.59 Å². The molecule has 1 aromatic carbocycles. The molecule has 0 spiro atoms. The van der Waals surface area contributed by atoms with Gasteiger partial charge >= 0.3 is 0 Å². The Balaban J connectivity index is 1.28. The van der Waals surface area contributed by atoms with Crippen molar-refractivity contribution < 1.29 is 28.7 Å². The number of fused-ring (bicyclic) bond motifs is 2. The van der Waals surface area contributed by atoms with Crippen molar-refractivity contribution >= 4 is 17.6 Å². The first-order valence-corrected chi connectivity index (χ1v) is 14.7. The van der Waals surface area contributed by atoms with Gasteiger partial charge in [-0.3, -0.25) is 9.59 Å². The summed E-state index contributed by atoms with van der Waals surface area (Å²) in [5.74, 6) is -0.446. The van der Waals surface area contributed by atoms with Crippen molar-refractivity contribution in [3.05, 3.63) is 23.5 Å². The number of nitrogens with zero attached hydrogens (tertiary/aromatic N) is 1. The van der Waals surface area contributed by atoms with Crippen LogP contribution >= 0.6 is 0 Å². The first kappa shape index (κ1) is 28.5. The Morgan fingerprint density at radius 3 is 2.42 bits per heavy atom. The minimum absolute atomic E-state index is 0.0145. The van der Waals surface area contributed by atoms with Crippen LogP contribution in [-0.4, -0.2) is 48.7 Å². The summed E-state index contributed by atoms with van der Waals surface area (Å²) in [6, 6.07) is 2.31. The van der Waals surface area contributed by atoms with Crippen LogP contribution in [0.15, 0.2) is 17.3 Å². The molecule has 0 aromatic heterocycles. The number of halogens is 1. The van der Waals surface area contributed by atoms with E-state index in [1.807, 2.05) is 6.92 Å². The number of amides is 2. The fourth-order valence-electron chi connectivity index (χ4n) is 7.36. The summed E-state index contributed by atoms with van der Waals surface area (Å²) < 4.78 is 26.4. The Bertz CT molecular complexity index is 1160. The van der Waals surface area contributed by atoms with Crippen molar-refractivity contribution in [2.75, 3.05) is 13.7 Å². The van der Waals surface area contributed by atoms with Crippen LogP contribution < -0.4 is 25.8 Å². The highest BCUT2D eigenvalue weighted by Gasteiger charge is 2.51. The largest absolute Gasteiger partial charge is 0.496 e. The molecule has 2 bridgehead atoms. The zero-order valence-corrected chi connectivity index (χ0v) is 23.8. The quantitative estimate of drug-likeness (QED) is 0.154. The maximum Gasteiger partial charge on any atom is 0.255 e. The molecule has 0 saturated heterocycles. The maximum absolute atomic E-state index is 15.0. The number of methoxy groups -OCH3 is 1. The van der Waals surface area contributed by atoms with Gasteiger partial charge in [0.2, 0.25) is 5.91 Å². The van der Waals surface area contributed by atoms with Crippen LogP contribution in [0, 0.1) is 34.4 Å². The molecular weight excluding hydrogens is 515 g/mol. The average molecular weight is 559 g/mol. The third kappa shape index (κ3) is 5.46. The predicted octanol–water partition coefficient (Wildman–Crippen LogP) is 4.36. The van der Waals surface area contributed by atoms with Crippen molar-refractivity contribution in [3.8, 4) is 11.5 Å². The zero-order valence-electron chi connectivity index (χ0n) is 23.8. The first-order valence-electron chi connectivity index (χ1n) is 14.7. The monoisotopic (exact) mass is 558 g/mol. The molecule has 4 saturated carbocycles. The molecule has 1 aromatic rings. The lowest BCUT2D eigenvalue weighted by molar-refractivity contribution is -0.128. The summed E-state index contributed by atoms with van der Waals surface area (Å²) in [4.78, 5) is 26.9. The highest BCUT2D eigenvalue weighted by atomic mass is 19.1.